The van der Waals surface area contributed by atoms with Gasteiger partial charge in [0.2, 0.25) is 0 Å². The van der Waals surface area contributed by atoms with Crippen LogP contribution in [0.25, 0.3) is 0 Å². The van der Waals surface area contributed by atoms with Gasteiger partial charge in [-0.25, -0.2) is 4.98 Å². The summed E-state index contributed by atoms with van der Waals surface area (Å²) in [5.74, 6) is 0. The lowest BCUT2D eigenvalue weighted by Gasteiger charge is -2.23. The minimum absolute atomic E-state index is 0.468. The van der Waals surface area contributed by atoms with Gasteiger partial charge in [-0.3, -0.25) is 0 Å². The van der Waals surface area contributed by atoms with Crippen LogP contribution in [0.2, 0.25) is 0 Å². The molecule has 12 heavy (non-hydrogen) atoms. The molecule has 3 nitrogen and oxygen atoms in total. The molecular formula is C8H11BrN2O. The Balaban J connectivity index is 2.13. The number of ether oxygens (including phenoxy) is 1. The van der Waals surface area contributed by atoms with E-state index in [1.165, 1.54) is 6.42 Å². The van der Waals surface area contributed by atoms with E-state index in [-0.39, 0.29) is 0 Å². The zero-order chi connectivity index (χ0) is 8.39. The summed E-state index contributed by atoms with van der Waals surface area (Å²) in [6.45, 7) is 1.72. The molecule has 2 heterocycles. The van der Waals surface area contributed by atoms with Crippen molar-refractivity contribution in [3.63, 3.8) is 0 Å². The summed E-state index contributed by atoms with van der Waals surface area (Å²) < 4.78 is 8.42. The summed E-state index contributed by atoms with van der Waals surface area (Å²) in [5, 5.41) is 0. The fraction of sp³-hybridized carbons (Fsp3) is 0.625. The van der Waals surface area contributed by atoms with E-state index < -0.39 is 0 Å². The van der Waals surface area contributed by atoms with Crippen molar-refractivity contribution < 1.29 is 4.74 Å². The molecule has 0 radical (unpaired) electrons. The van der Waals surface area contributed by atoms with Crippen LogP contribution in [0.15, 0.2) is 17.1 Å². The van der Waals surface area contributed by atoms with Gasteiger partial charge in [-0.05, 0) is 28.8 Å². The molecule has 1 saturated heterocycles. The first-order valence-electron chi connectivity index (χ1n) is 4.14. The maximum Gasteiger partial charge on any atom is 0.177 e. The standard InChI is InChI=1S/C8H11BrN2O/c9-8-10-3-4-11(8)7-2-1-5-12-6-7/h3-4,7H,1-2,5-6H2. The zero-order valence-electron chi connectivity index (χ0n) is 6.74. The van der Waals surface area contributed by atoms with Gasteiger partial charge in [-0.2, -0.15) is 0 Å². The molecule has 0 amide bonds. The molecule has 4 heteroatoms. The molecule has 1 fully saturated rings. The highest BCUT2D eigenvalue weighted by Crippen LogP contribution is 2.22. The van der Waals surface area contributed by atoms with Gasteiger partial charge in [0.05, 0.1) is 12.6 Å². The van der Waals surface area contributed by atoms with Crippen LogP contribution in [-0.2, 0) is 4.74 Å². The Labute approximate surface area is 79.9 Å². The van der Waals surface area contributed by atoms with E-state index in [1.54, 1.807) is 6.20 Å². The van der Waals surface area contributed by atoms with E-state index in [0.29, 0.717) is 6.04 Å². The summed E-state index contributed by atoms with van der Waals surface area (Å²) in [5.41, 5.74) is 0. The average molecular weight is 231 g/mol. The van der Waals surface area contributed by atoms with Crippen molar-refractivity contribution in [2.45, 2.75) is 18.9 Å². The highest BCUT2D eigenvalue weighted by Gasteiger charge is 2.16. The van der Waals surface area contributed by atoms with E-state index in [1.807, 2.05) is 6.20 Å². The molecule has 0 saturated carbocycles. The first kappa shape index (κ1) is 8.26. The molecule has 1 aliphatic heterocycles. The molecule has 0 N–H and O–H groups in total. The average Bonchev–Trinajstić information content (AvgIpc) is 2.53. The van der Waals surface area contributed by atoms with Crippen LogP contribution in [0.5, 0.6) is 0 Å². The van der Waals surface area contributed by atoms with Crippen LogP contribution < -0.4 is 0 Å². The summed E-state index contributed by atoms with van der Waals surface area (Å²) in [6, 6.07) is 0.468. The van der Waals surface area contributed by atoms with E-state index in [2.05, 4.69) is 25.5 Å². The minimum Gasteiger partial charge on any atom is -0.379 e. The molecule has 2 rings (SSSR count). The van der Waals surface area contributed by atoms with Crippen LogP contribution in [0.1, 0.15) is 18.9 Å². The molecule has 1 aliphatic rings. The maximum atomic E-state index is 5.39. The molecule has 0 spiro atoms. The fourth-order valence-corrected chi connectivity index (χ4v) is 2.04. The number of rotatable bonds is 1. The largest absolute Gasteiger partial charge is 0.379 e. The zero-order valence-corrected chi connectivity index (χ0v) is 8.33. The third-order valence-corrected chi connectivity index (χ3v) is 2.77. The quantitative estimate of drug-likeness (QED) is 0.739. The lowest BCUT2D eigenvalue weighted by atomic mass is 10.1. The van der Waals surface area contributed by atoms with Crippen LogP contribution in [0.4, 0.5) is 0 Å². The summed E-state index contributed by atoms with van der Waals surface area (Å²) in [4.78, 5) is 4.12. The van der Waals surface area contributed by atoms with E-state index in [0.717, 1.165) is 24.4 Å². The van der Waals surface area contributed by atoms with Gasteiger partial charge in [-0.1, -0.05) is 0 Å². The van der Waals surface area contributed by atoms with Crippen LogP contribution in [-0.4, -0.2) is 22.8 Å². The van der Waals surface area contributed by atoms with Crippen molar-refractivity contribution in [2.24, 2.45) is 0 Å². The van der Waals surface area contributed by atoms with Crippen molar-refractivity contribution in [3.8, 4) is 0 Å². The van der Waals surface area contributed by atoms with Crippen molar-refractivity contribution in [1.29, 1.82) is 0 Å². The second-order valence-electron chi connectivity index (χ2n) is 2.97. The smallest absolute Gasteiger partial charge is 0.177 e. The number of aromatic nitrogens is 2. The summed E-state index contributed by atoms with van der Waals surface area (Å²) >= 11 is 3.40. The monoisotopic (exact) mass is 230 g/mol. The van der Waals surface area contributed by atoms with Gasteiger partial charge in [0.25, 0.3) is 0 Å². The third-order valence-electron chi connectivity index (χ3n) is 2.15. The Morgan fingerprint density at radius 3 is 3.17 bits per heavy atom. The SMILES string of the molecule is Brc1nccn1C1CCCOC1. The van der Waals surface area contributed by atoms with Crippen molar-refractivity contribution in [3.05, 3.63) is 17.1 Å². The van der Waals surface area contributed by atoms with Gasteiger partial charge in [0.1, 0.15) is 0 Å². The number of imidazole rings is 1. The van der Waals surface area contributed by atoms with Gasteiger partial charge >= 0.3 is 0 Å². The maximum absolute atomic E-state index is 5.39. The molecule has 1 aromatic heterocycles. The number of halogens is 1. The molecule has 1 aromatic rings. The van der Waals surface area contributed by atoms with Crippen LogP contribution in [0, 0.1) is 0 Å². The lowest BCUT2D eigenvalue weighted by Crippen LogP contribution is -2.20. The van der Waals surface area contributed by atoms with Crippen LogP contribution >= 0.6 is 15.9 Å². The van der Waals surface area contributed by atoms with E-state index in [9.17, 15) is 0 Å². The molecule has 0 aliphatic carbocycles. The number of hydrogen-bond acceptors (Lipinski definition) is 2. The highest BCUT2D eigenvalue weighted by atomic mass is 79.9. The van der Waals surface area contributed by atoms with Crippen molar-refractivity contribution in [2.75, 3.05) is 13.2 Å². The Morgan fingerprint density at radius 2 is 2.58 bits per heavy atom. The Bertz CT molecular complexity index is 255. The third kappa shape index (κ3) is 1.54. The number of hydrogen-bond donors (Lipinski definition) is 0. The molecule has 66 valence electrons. The first-order valence-corrected chi connectivity index (χ1v) is 4.93. The molecular weight excluding hydrogens is 220 g/mol. The topological polar surface area (TPSA) is 27.1 Å². The van der Waals surface area contributed by atoms with Gasteiger partial charge in [0.15, 0.2) is 4.73 Å². The van der Waals surface area contributed by atoms with Gasteiger partial charge in [-0.15, -0.1) is 0 Å². The number of nitrogens with zero attached hydrogens (tertiary/aromatic N) is 2. The second-order valence-corrected chi connectivity index (χ2v) is 3.68. The van der Waals surface area contributed by atoms with Crippen molar-refractivity contribution >= 4 is 15.9 Å². The fourth-order valence-electron chi connectivity index (χ4n) is 1.51. The van der Waals surface area contributed by atoms with Gasteiger partial charge in [0, 0.05) is 19.0 Å². The highest BCUT2D eigenvalue weighted by molar-refractivity contribution is 9.10. The minimum atomic E-state index is 0.468. The van der Waals surface area contributed by atoms with Gasteiger partial charge < -0.3 is 9.30 Å². The normalized spacial score (nSPS) is 24.2. The van der Waals surface area contributed by atoms with E-state index >= 15 is 0 Å². The first-order chi connectivity index (χ1) is 5.88. The van der Waals surface area contributed by atoms with Crippen molar-refractivity contribution in [1.82, 2.24) is 9.55 Å². The lowest BCUT2D eigenvalue weighted by molar-refractivity contribution is 0.0584. The van der Waals surface area contributed by atoms with Crippen LogP contribution in [0.3, 0.4) is 0 Å². The molecule has 0 bridgehead atoms. The predicted molar refractivity (Wildman–Crippen MR) is 49.0 cm³/mol. The summed E-state index contributed by atoms with van der Waals surface area (Å²) in [6.07, 6.45) is 6.13. The summed E-state index contributed by atoms with van der Waals surface area (Å²) in [7, 11) is 0. The second kappa shape index (κ2) is 3.58. The molecule has 1 atom stereocenters. The molecule has 1 unspecified atom stereocenters. The Hall–Kier alpha value is -0.350. The predicted octanol–water partition coefficient (Wildman–Crippen LogP) is 2.00. The molecule has 0 aromatic carbocycles. The van der Waals surface area contributed by atoms with E-state index in [4.69, 9.17) is 4.74 Å². The Morgan fingerprint density at radius 1 is 1.67 bits per heavy atom. The Kier molecular flexibility index (Phi) is 2.46.